The summed E-state index contributed by atoms with van der Waals surface area (Å²) in [5.41, 5.74) is 1.54. The van der Waals surface area contributed by atoms with Crippen molar-refractivity contribution in [3.8, 4) is 0 Å². The smallest absolute Gasteiger partial charge is 0.251 e. The largest absolute Gasteiger partial charge is 0.352 e. The van der Waals surface area contributed by atoms with Gasteiger partial charge >= 0.3 is 0 Å². The molecule has 0 radical (unpaired) electrons. The molecule has 2 N–H and O–H groups in total. The number of rotatable bonds is 5. The Morgan fingerprint density at radius 3 is 2.28 bits per heavy atom. The van der Waals surface area contributed by atoms with Crippen LogP contribution in [0.15, 0.2) is 24.3 Å². The molecule has 4 aliphatic rings. The molecule has 0 saturated heterocycles. The minimum atomic E-state index is -0.105. The Labute approximate surface area is 149 Å². The second-order valence-electron chi connectivity index (χ2n) is 8.44. The number of amides is 2. The third-order valence-corrected chi connectivity index (χ3v) is 6.50. The molecular weight excluding hydrogens is 312 g/mol. The van der Waals surface area contributed by atoms with Gasteiger partial charge in [0.2, 0.25) is 5.91 Å². The van der Waals surface area contributed by atoms with Crippen LogP contribution in [0.4, 0.5) is 0 Å². The van der Waals surface area contributed by atoms with Crippen molar-refractivity contribution in [1.82, 2.24) is 10.6 Å². The summed E-state index contributed by atoms with van der Waals surface area (Å²) < 4.78 is 0. The van der Waals surface area contributed by atoms with Gasteiger partial charge in [-0.2, -0.15) is 0 Å². The van der Waals surface area contributed by atoms with E-state index in [-0.39, 0.29) is 17.2 Å². The zero-order chi connectivity index (χ0) is 17.4. The molecule has 0 spiro atoms. The Kier molecular flexibility index (Phi) is 4.30. The first-order chi connectivity index (χ1) is 12.1. The third kappa shape index (κ3) is 3.19. The second-order valence-corrected chi connectivity index (χ2v) is 8.44. The van der Waals surface area contributed by atoms with Crippen molar-refractivity contribution in [2.24, 2.45) is 23.2 Å². The van der Waals surface area contributed by atoms with Crippen LogP contribution in [0, 0.1) is 23.2 Å². The highest BCUT2D eigenvalue weighted by Crippen LogP contribution is 2.60. The van der Waals surface area contributed by atoms with Gasteiger partial charge in [-0.3, -0.25) is 9.59 Å². The molecule has 0 aliphatic heterocycles. The Morgan fingerprint density at radius 1 is 1.04 bits per heavy atom. The average molecular weight is 340 g/mol. The van der Waals surface area contributed by atoms with E-state index >= 15 is 0 Å². The summed E-state index contributed by atoms with van der Waals surface area (Å²) in [6.45, 7) is 3.03. The Morgan fingerprint density at radius 2 is 1.68 bits per heavy atom. The van der Waals surface area contributed by atoms with E-state index in [1.165, 1.54) is 19.3 Å². The van der Waals surface area contributed by atoms with Crippen LogP contribution in [-0.2, 0) is 11.3 Å². The minimum Gasteiger partial charge on any atom is -0.352 e. The van der Waals surface area contributed by atoms with Crippen LogP contribution < -0.4 is 10.6 Å². The van der Waals surface area contributed by atoms with Gasteiger partial charge in [0.15, 0.2) is 0 Å². The highest BCUT2D eigenvalue weighted by molar-refractivity contribution is 5.94. The summed E-state index contributed by atoms with van der Waals surface area (Å²) in [6, 6.07) is 7.56. The summed E-state index contributed by atoms with van der Waals surface area (Å²) in [4.78, 5) is 25.0. The van der Waals surface area contributed by atoms with Gasteiger partial charge in [-0.25, -0.2) is 0 Å². The summed E-state index contributed by atoms with van der Waals surface area (Å²) in [5.74, 6) is 2.51. The number of nitrogens with one attached hydrogen (secondary N) is 2. The molecule has 1 aromatic rings. The van der Waals surface area contributed by atoms with Crippen molar-refractivity contribution in [1.29, 1.82) is 0 Å². The fourth-order valence-corrected chi connectivity index (χ4v) is 5.84. The average Bonchev–Trinajstić information content (AvgIpc) is 2.59. The first-order valence-corrected chi connectivity index (χ1v) is 9.73. The van der Waals surface area contributed by atoms with Crippen LogP contribution in [0.3, 0.4) is 0 Å². The van der Waals surface area contributed by atoms with Crippen LogP contribution in [0.5, 0.6) is 0 Å². The maximum absolute atomic E-state index is 13.0. The van der Waals surface area contributed by atoms with Crippen molar-refractivity contribution < 1.29 is 9.59 Å². The number of carbonyl (C=O) groups excluding carboxylic acids is 2. The van der Waals surface area contributed by atoms with E-state index in [0.717, 1.165) is 42.6 Å². The van der Waals surface area contributed by atoms with Crippen molar-refractivity contribution in [3.05, 3.63) is 35.4 Å². The summed E-state index contributed by atoms with van der Waals surface area (Å²) in [7, 11) is 0. The molecule has 0 aromatic heterocycles. The number of benzene rings is 1. The predicted molar refractivity (Wildman–Crippen MR) is 96.9 cm³/mol. The molecule has 0 atom stereocenters. The standard InChI is InChI=1S/C21H28N2O2/c1-2-22-19(24)18-5-3-4-14(9-18)13-23-20(25)21-10-15-6-16(11-21)8-17(7-15)12-21/h3-5,9,15-17H,2,6-8,10-13H2,1H3,(H,22,24)(H,23,25). The van der Waals surface area contributed by atoms with Crippen LogP contribution in [-0.4, -0.2) is 18.4 Å². The van der Waals surface area contributed by atoms with E-state index in [9.17, 15) is 9.59 Å². The molecule has 4 aliphatic carbocycles. The van der Waals surface area contributed by atoms with Crippen LogP contribution in [0.2, 0.25) is 0 Å². The highest BCUT2D eigenvalue weighted by atomic mass is 16.2. The maximum atomic E-state index is 13.0. The molecule has 134 valence electrons. The van der Waals surface area contributed by atoms with Gasteiger partial charge in [0.1, 0.15) is 0 Å². The van der Waals surface area contributed by atoms with Crippen LogP contribution in [0.1, 0.15) is 61.4 Å². The molecule has 1 aromatic carbocycles. The zero-order valence-electron chi connectivity index (χ0n) is 15.0. The third-order valence-electron chi connectivity index (χ3n) is 6.50. The fraction of sp³-hybridized carbons (Fsp3) is 0.619. The summed E-state index contributed by atoms with van der Waals surface area (Å²) in [6.07, 6.45) is 7.31. The van der Waals surface area contributed by atoms with Crippen molar-refractivity contribution in [3.63, 3.8) is 0 Å². The Balaban J connectivity index is 1.41. The molecule has 4 nitrogen and oxygen atoms in total. The van der Waals surface area contributed by atoms with Gasteiger partial charge < -0.3 is 10.6 Å². The summed E-state index contributed by atoms with van der Waals surface area (Å²) >= 11 is 0. The van der Waals surface area contributed by atoms with E-state index in [2.05, 4.69) is 10.6 Å². The first-order valence-electron chi connectivity index (χ1n) is 9.73. The quantitative estimate of drug-likeness (QED) is 0.864. The van der Waals surface area contributed by atoms with Crippen molar-refractivity contribution in [2.45, 2.75) is 52.0 Å². The van der Waals surface area contributed by atoms with Gasteiger partial charge in [0.05, 0.1) is 0 Å². The predicted octanol–water partition coefficient (Wildman–Crippen LogP) is 3.27. The van der Waals surface area contributed by atoms with E-state index in [4.69, 9.17) is 0 Å². The molecule has 4 fully saturated rings. The topological polar surface area (TPSA) is 58.2 Å². The van der Waals surface area contributed by atoms with Crippen molar-refractivity contribution >= 4 is 11.8 Å². The number of hydrogen-bond acceptors (Lipinski definition) is 2. The van der Waals surface area contributed by atoms with E-state index in [1.807, 2.05) is 31.2 Å². The van der Waals surface area contributed by atoms with Gasteiger partial charge in [-0.15, -0.1) is 0 Å². The Bertz CT molecular complexity index is 647. The molecule has 4 bridgehead atoms. The monoisotopic (exact) mass is 340 g/mol. The van der Waals surface area contributed by atoms with Gasteiger partial charge in [0.25, 0.3) is 5.91 Å². The zero-order valence-corrected chi connectivity index (χ0v) is 15.0. The molecule has 0 unspecified atom stereocenters. The molecule has 0 heterocycles. The molecular formula is C21H28N2O2. The lowest BCUT2D eigenvalue weighted by molar-refractivity contribution is -0.146. The van der Waals surface area contributed by atoms with Crippen LogP contribution >= 0.6 is 0 Å². The number of hydrogen-bond donors (Lipinski definition) is 2. The van der Waals surface area contributed by atoms with Gasteiger partial charge in [-0.1, -0.05) is 12.1 Å². The van der Waals surface area contributed by atoms with Gasteiger partial charge in [0, 0.05) is 24.1 Å². The van der Waals surface area contributed by atoms with E-state index in [1.54, 1.807) is 0 Å². The Hall–Kier alpha value is -1.84. The molecule has 4 saturated carbocycles. The lowest BCUT2D eigenvalue weighted by Gasteiger charge is -2.55. The molecule has 2 amide bonds. The first kappa shape index (κ1) is 16.6. The fourth-order valence-electron chi connectivity index (χ4n) is 5.84. The maximum Gasteiger partial charge on any atom is 0.251 e. The number of carbonyl (C=O) groups is 2. The van der Waals surface area contributed by atoms with E-state index in [0.29, 0.717) is 18.7 Å². The highest BCUT2D eigenvalue weighted by Gasteiger charge is 2.54. The summed E-state index contributed by atoms with van der Waals surface area (Å²) in [5, 5.41) is 6.00. The second kappa shape index (κ2) is 6.47. The lowest BCUT2D eigenvalue weighted by Crippen LogP contribution is -2.53. The normalized spacial score (nSPS) is 32.4. The van der Waals surface area contributed by atoms with Gasteiger partial charge in [-0.05, 0) is 80.9 Å². The van der Waals surface area contributed by atoms with Crippen LogP contribution in [0.25, 0.3) is 0 Å². The van der Waals surface area contributed by atoms with E-state index < -0.39 is 0 Å². The molecule has 25 heavy (non-hydrogen) atoms. The molecule has 5 rings (SSSR count). The molecule has 4 heteroatoms. The SMILES string of the molecule is CCNC(=O)c1cccc(CNC(=O)C23CC4CC(CC(C4)C2)C3)c1. The lowest BCUT2D eigenvalue weighted by atomic mass is 9.49. The minimum absolute atomic E-state index is 0.0586. The van der Waals surface area contributed by atoms with Crippen molar-refractivity contribution in [2.75, 3.05) is 6.54 Å².